The summed E-state index contributed by atoms with van der Waals surface area (Å²) in [6.07, 6.45) is 3.56. The Kier molecular flexibility index (Phi) is 5.08. The molecule has 1 saturated heterocycles. The van der Waals surface area contributed by atoms with Crippen molar-refractivity contribution in [1.29, 1.82) is 0 Å². The first-order valence-electron chi connectivity index (χ1n) is 7.45. The van der Waals surface area contributed by atoms with E-state index in [2.05, 4.69) is 0 Å². The van der Waals surface area contributed by atoms with Gasteiger partial charge in [-0.05, 0) is 39.9 Å². The first-order chi connectivity index (χ1) is 9.90. The molecule has 2 heterocycles. The molecule has 0 bridgehead atoms. The molecular formula is C14H26N4O2S. The number of nitrogens with two attached hydrogens (primary N) is 1. The molecule has 1 aromatic heterocycles. The van der Waals surface area contributed by atoms with E-state index in [1.165, 1.54) is 0 Å². The SMILES string of the molecule is CCn1cc(S(=O)(=O)N2CCCC2CN(C)C)cc1CN. The van der Waals surface area contributed by atoms with E-state index in [0.29, 0.717) is 18.0 Å². The van der Waals surface area contributed by atoms with E-state index in [4.69, 9.17) is 5.73 Å². The summed E-state index contributed by atoms with van der Waals surface area (Å²) in [5.74, 6) is 0. The Morgan fingerprint density at radius 2 is 2.14 bits per heavy atom. The Morgan fingerprint density at radius 1 is 1.43 bits per heavy atom. The summed E-state index contributed by atoms with van der Waals surface area (Å²) in [5, 5.41) is 0. The topological polar surface area (TPSA) is 71.6 Å². The van der Waals surface area contributed by atoms with Gasteiger partial charge in [0.1, 0.15) is 4.90 Å². The van der Waals surface area contributed by atoms with Crippen molar-refractivity contribution >= 4 is 10.0 Å². The Labute approximate surface area is 127 Å². The quantitative estimate of drug-likeness (QED) is 0.838. The number of likely N-dealkylation sites (N-methyl/N-ethyl adjacent to an activating group) is 1. The molecule has 21 heavy (non-hydrogen) atoms. The molecule has 1 atom stereocenters. The number of hydrogen-bond acceptors (Lipinski definition) is 4. The summed E-state index contributed by atoms with van der Waals surface area (Å²) in [4.78, 5) is 2.41. The second-order valence-electron chi connectivity index (χ2n) is 5.83. The molecule has 0 radical (unpaired) electrons. The molecule has 1 fully saturated rings. The molecule has 7 heteroatoms. The summed E-state index contributed by atoms with van der Waals surface area (Å²) in [7, 11) is 0.526. The highest BCUT2D eigenvalue weighted by atomic mass is 32.2. The van der Waals surface area contributed by atoms with Crippen LogP contribution in [0.15, 0.2) is 17.2 Å². The molecule has 1 aromatic rings. The maximum atomic E-state index is 12.9. The lowest BCUT2D eigenvalue weighted by atomic mass is 10.2. The number of aromatic nitrogens is 1. The third-order valence-electron chi connectivity index (χ3n) is 4.02. The lowest BCUT2D eigenvalue weighted by Crippen LogP contribution is -2.41. The van der Waals surface area contributed by atoms with Crippen LogP contribution in [0.4, 0.5) is 0 Å². The van der Waals surface area contributed by atoms with E-state index in [0.717, 1.165) is 31.6 Å². The van der Waals surface area contributed by atoms with Crippen LogP contribution in [0.1, 0.15) is 25.5 Å². The Hall–Kier alpha value is -0.890. The predicted octanol–water partition coefficient (Wildman–Crippen LogP) is 0.681. The van der Waals surface area contributed by atoms with Gasteiger partial charge in [-0.15, -0.1) is 0 Å². The van der Waals surface area contributed by atoms with E-state index >= 15 is 0 Å². The van der Waals surface area contributed by atoms with Gasteiger partial charge in [0.15, 0.2) is 0 Å². The van der Waals surface area contributed by atoms with Gasteiger partial charge in [0.05, 0.1) is 0 Å². The van der Waals surface area contributed by atoms with Crippen LogP contribution in [-0.4, -0.2) is 55.4 Å². The first kappa shape index (κ1) is 16.5. The largest absolute Gasteiger partial charge is 0.349 e. The Morgan fingerprint density at radius 3 is 2.67 bits per heavy atom. The van der Waals surface area contributed by atoms with E-state index in [1.54, 1.807) is 16.6 Å². The van der Waals surface area contributed by atoms with Gasteiger partial charge in [-0.25, -0.2) is 8.42 Å². The van der Waals surface area contributed by atoms with E-state index in [1.807, 2.05) is 30.5 Å². The third-order valence-corrected chi connectivity index (χ3v) is 5.93. The lowest BCUT2D eigenvalue weighted by Gasteiger charge is -2.26. The first-order valence-corrected chi connectivity index (χ1v) is 8.89. The molecular weight excluding hydrogens is 288 g/mol. The Balaban J connectivity index is 2.30. The van der Waals surface area contributed by atoms with Gasteiger partial charge in [0, 0.05) is 44.1 Å². The van der Waals surface area contributed by atoms with Gasteiger partial charge < -0.3 is 15.2 Å². The summed E-state index contributed by atoms with van der Waals surface area (Å²) in [6.45, 7) is 4.43. The highest BCUT2D eigenvalue weighted by molar-refractivity contribution is 7.89. The average molecular weight is 314 g/mol. The molecule has 1 unspecified atom stereocenters. The van der Waals surface area contributed by atoms with Crippen molar-refractivity contribution in [3.63, 3.8) is 0 Å². The molecule has 0 aliphatic carbocycles. The predicted molar refractivity (Wildman–Crippen MR) is 83.5 cm³/mol. The Bertz CT molecular complexity index is 558. The highest BCUT2D eigenvalue weighted by Gasteiger charge is 2.36. The highest BCUT2D eigenvalue weighted by Crippen LogP contribution is 2.27. The minimum absolute atomic E-state index is 0.0660. The van der Waals surface area contributed by atoms with Crippen molar-refractivity contribution in [3.8, 4) is 0 Å². The summed E-state index contributed by atoms with van der Waals surface area (Å²) in [6, 6.07) is 1.78. The van der Waals surface area contributed by atoms with Gasteiger partial charge in [-0.3, -0.25) is 0 Å². The molecule has 1 aliphatic heterocycles. The fraction of sp³-hybridized carbons (Fsp3) is 0.714. The standard InChI is InChI=1S/C14H26N4O2S/c1-4-17-11-14(8-13(17)9-15)21(19,20)18-7-5-6-12(18)10-16(2)3/h8,11-12H,4-7,9-10,15H2,1-3H3. The maximum Gasteiger partial charge on any atom is 0.244 e. The van der Waals surface area contributed by atoms with Crippen molar-refractivity contribution in [2.45, 2.75) is 43.8 Å². The van der Waals surface area contributed by atoms with Gasteiger partial charge in [0.25, 0.3) is 0 Å². The summed E-state index contributed by atoms with van der Waals surface area (Å²) in [5.41, 5.74) is 6.55. The molecule has 0 aromatic carbocycles. The van der Waals surface area contributed by atoms with Crippen LogP contribution < -0.4 is 5.73 Å². The number of aryl methyl sites for hydroxylation is 1. The zero-order valence-electron chi connectivity index (χ0n) is 13.1. The molecule has 2 rings (SSSR count). The molecule has 120 valence electrons. The number of sulfonamides is 1. The normalized spacial score (nSPS) is 20.5. The minimum Gasteiger partial charge on any atom is -0.349 e. The molecule has 1 aliphatic rings. The van der Waals surface area contributed by atoms with Gasteiger partial charge >= 0.3 is 0 Å². The summed E-state index contributed by atoms with van der Waals surface area (Å²) < 4.78 is 29.3. The van der Waals surface area contributed by atoms with Crippen LogP contribution in [0.3, 0.4) is 0 Å². The van der Waals surface area contributed by atoms with Crippen LogP contribution in [0.25, 0.3) is 0 Å². The zero-order chi connectivity index (χ0) is 15.6. The molecule has 0 amide bonds. The van der Waals surface area contributed by atoms with E-state index < -0.39 is 10.0 Å². The smallest absolute Gasteiger partial charge is 0.244 e. The second kappa shape index (κ2) is 6.48. The van der Waals surface area contributed by atoms with E-state index in [9.17, 15) is 8.42 Å². The molecule has 2 N–H and O–H groups in total. The zero-order valence-corrected chi connectivity index (χ0v) is 13.9. The van der Waals surface area contributed by atoms with Gasteiger partial charge in [0.2, 0.25) is 10.0 Å². The molecule has 0 spiro atoms. The minimum atomic E-state index is -3.43. The van der Waals surface area contributed by atoms with Crippen molar-refractivity contribution in [3.05, 3.63) is 18.0 Å². The number of nitrogens with zero attached hydrogens (tertiary/aromatic N) is 3. The van der Waals surface area contributed by atoms with Crippen LogP contribution in [0.2, 0.25) is 0 Å². The average Bonchev–Trinajstić information content (AvgIpc) is 3.03. The number of rotatable bonds is 6. The van der Waals surface area contributed by atoms with Crippen LogP contribution in [-0.2, 0) is 23.1 Å². The van der Waals surface area contributed by atoms with Crippen molar-refractivity contribution in [1.82, 2.24) is 13.8 Å². The van der Waals surface area contributed by atoms with Gasteiger partial charge in [-0.2, -0.15) is 4.31 Å². The maximum absolute atomic E-state index is 12.9. The van der Waals surface area contributed by atoms with Crippen molar-refractivity contribution in [2.75, 3.05) is 27.2 Å². The van der Waals surface area contributed by atoms with Crippen LogP contribution in [0.5, 0.6) is 0 Å². The molecule has 6 nitrogen and oxygen atoms in total. The van der Waals surface area contributed by atoms with Crippen LogP contribution in [0, 0.1) is 0 Å². The lowest BCUT2D eigenvalue weighted by molar-refractivity contribution is 0.291. The molecule has 0 saturated carbocycles. The summed E-state index contributed by atoms with van der Waals surface area (Å²) >= 11 is 0. The van der Waals surface area contributed by atoms with Crippen LogP contribution >= 0.6 is 0 Å². The van der Waals surface area contributed by atoms with Crippen molar-refractivity contribution in [2.24, 2.45) is 5.73 Å². The van der Waals surface area contributed by atoms with Gasteiger partial charge in [-0.1, -0.05) is 0 Å². The fourth-order valence-electron chi connectivity index (χ4n) is 3.00. The third kappa shape index (κ3) is 3.31. The second-order valence-corrected chi connectivity index (χ2v) is 7.72. The fourth-order valence-corrected chi connectivity index (χ4v) is 4.75. The number of hydrogen-bond donors (Lipinski definition) is 1. The van der Waals surface area contributed by atoms with E-state index in [-0.39, 0.29) is 6.04 Å². The van der Waals surface area contributed by atoms with Crippen molar-refractivity contribution < 1.29 is 8.42 Å². The monoisotopic (exact) mass is 314 g/mol.